The topological polar surface area (TPSA) is 84.5 Å². The van der Waals surface area contributed by atoms with Gasteiger partial charge in [-0.2, -0.15) is 0 Å². The standard InChI is InChI=1S/C13H20N2O4S/c1-4-10(3)11-6-8-12(9-7-11)20(17,18)15-14-13(16)19-5-2/h6-10,15H,4-5H2,1-3H3,(H,14,16). The molecular formula is C13H20N2O4S. The zero-order valence-corrected chi connectivity index (χ0v) is 12.7. The summed E-state index contributed by atoms with van der Waals surface area (Å²) >= 11 is 0. The highest BCUT2D eigenvalue weighted by Gasteiger charge is 2.15. The zero-order valence-electron chi connectivity index (χ0n) is 11.8. The van der Waals surface area contributed by atoms with E-state index in [0.717, 1.165) is 12.0 Å². The zero-order chi connectivity index (χ0) is 15.2. The van der Waals surface area contributed by atoms with E-state index >= 15 is 0 Å². The molecule has 1 aromatic rings. The number of nitrogens with one attached hydrogen (secondary N) is 2. The van der Waals surface area contributed by atoms with Crippen molar-refractivity contribution in [3.05, 3.63) is 29.8 Å². The summed E-state index contributed by atoms with van der Waals surface area (Å²) in [5, 5.41) is 0. The largest absolute Gasteiger partial charge is 0.449 e. The van der Waals surface area contributed by atoms with E-state index in [2.05, 4.69) is 18.6 Å². The summed E-state index contributed by atoms with van der Waals surface area (Å²) in [4.78, 5) is 13.1. The Labute approximate surface area is 119 Å². The summed E-state index contributed by atoms with van der Waals surface area (Å²) in [5.41, 5.74) is 3.05. The normalized spacial score (nSPS) is 12.8. The van der Waals surface area contributed by atoms with E-state index in [4.69, 9.17) is 0 Å². The van der Waals surface area contributed by atoms with E-state index in [0.29, 0.717) is 5.92 Å². The second-order valence-corrected chi connectivity index (χ2v) is 6.01. The van der Waals surface area contributed by atoms with Crippen LogP contribution in [0.5, 0.6) is 0 Å². The molecule has 0 bridgehead atoms. The summed E-state index contributed by atoms with van der Waals surface area (Å²) in [6.45, 7) is 5.93. The second kappa shape index (κ2) is 7.25. The molecular weight excluding hydrogens is 280 g/mol. The molecule has 20 heavy (non-hydrogen) atoms. The molecule has 2 N–H and O–H groups in total. The van der Waals surface area contributed by atoms with Crippen molar-refractivity contribution in [2.75, 3.05) is 6.61 Å². The fraction of sp³-hybridized carbons (Fsp3) is 0.462. The fourth-order valence-electron chi connectivity index (χ4n) is 1.55. The van der Waals surface area contributed by atoms with E-state index in [1.165, 1.54) is 12.1 Å². The summed E-state index contributed by atoms with van der Waals surface area (Å²) < 4.78 is 28.4. The minimum atomic E-state index is -3.78. The lowest BCUT2D eigenvalue weighted by molar-refractivity contribution is 0.150. The van der Waals surface area contributed by atoms with Gasteiger partial charge in [-0.25, -0.2) is 18.6 Å². The van der Waals surface area contributed by atoms with Crippen LogP contribution in [0, 0.1) is 0 Å². The average molecular weight is 300 g/mol. The molecule has 0 radical (unpaired) electrons. The molecule has 0 spiro atoms. The first-order chi connectivity index (χ1) is 9.40. The maximum Gasteiger partial charge on any atom is 0.422 e. The van der Waals surface area contributed by atoms with Gasteiger partial charge in [-0.1, -0.05) is 26.0 Å². The van der Waals surface area contributed by atoms with Crippen molar-refractivity contribution in [2.24, 2.45) is 0 Å². The van der Waals surface area contributed by atoms with Gasteiger partial charge in [0.05, 0.1) is 11.5 Å². The van der Waals surface area contributed by atoms with E-state index in [1.54, 1.807) is 19.1 Å². The highest BCUT2D eigenvalue weighted by molar-refractivity contribution is 7.89. The van der Waals surface area contributed by atoms with Crippen LogP contribution in [0.3, 0.4) is 0 Å². The lowest BCUT2D eigenvalue weighted by Crippen LogP contribution is -2.41. The van der Waals surface area contributed by atoms with Crippen LogP contribution in [0.2, 0.25) is 0 Å². The molecule has 1 aromatic carbocycles. The first-order valence-electron chi connectivity index (χ1n) is 6.45. The van der Waals surface area contributed by atoms with Gasteiger partial charge >= 0.3 is 6.09 Å². The maximum absolute atomic E-state index is 11.9. The van der Waals surface area contributed by atoms with E-state index < -0.39 is 16.1 Å². The van der Waals surface area contributed by atoms with E-state index in [-0.39, 0.29) is 11.5 Å². The predicted octanol–water partition coefficient (Wildman–Crippen LogP) is 2.14. The number of hydrogen-bond acceptors (Lipinski definition) is 4. The average Bonchev–Trinajstić information content (AvgIpc) is 2.45. The number of benzene rings is 1. The molecule has 0 aliphatic heterocycles. The Balaban J connectivity index is 2.75. The monoisotopic (exact) mass is 300 g/mol. The summed E-state index contributed by atoms with van der Waals surface area (Å²) in [6.07, 6.45) is 0.140. The van der Waals surface area contributed by atoms with Crippen LogP contribution in [0.4, 0.5) is 4.79 Å². The van der Waals surface area contributed by atoms with Crippen LogP contribution in [-0.2, 0) is 14.8 Å². The van der Waals surface area contributed by atoms with Crippen LogP contribution in [0.25, 0.3) is 0 Å². The molecule has 0 heterocycles. The molecule has 6 nitrogen and oxygen atoms in total. The first kappa shape index (κ1) is 16.5. The third kappa shape index (κ3) is 4.50. The molecule has 1 rings (SSSR count). The number of hydrazine groups is 1. The number of rotatable bonds is 6. The lowest BCUT2D eigenvalue weighted by Gasteiger charge is -2.11. The van der Waals surface area contributed by atoms with Crippen LogP contribution in [0.15, 0.2) is 29.2 Å². The SMILES string of the molecule is CCOC(=O)NNS(=O)(=O)c1ccc(C(C)CC)cc1. The molecule has 7 heteroatoms. The smallest absolute Gasteiger partial charge is 0.422 e. The number of carbonyl (C=O) groups excluding carboxylic acids is 1. The molecule has 0 aromatic heterocycles. The van der Waals surface area contributed by atoms with Crippen molar-refractivity contribution in [1.82, 2.24) is 10.3 Å². The second-order valence-electron chi connectivity index (χ2n) is 4.33. The maximum atomic E-state index is 11.9. The summed E-state index contributed by atoms with van der Waals surface area (Å²) in [5.74, 6) is 0.373. The van der Waals surface area contributed by atoms with Crippen LogP contribution in [-0.4, -0.2) is 21.1 Å². The molecule has 0 fully saturated rings. The Kier molecular flexibility index (Phi) is 5.97. The molecule has 1 amide bonds. The first-order valence-corrected chi connectivity index (χ1v) is 7.93. The van der Waals surface area contributed by atoms with Gasteiger partial charge in [-0.05, 0) is 37.0 Å². The Morgan fingerprint density at radius 3 is 2.35 bits per heavy atom. The predicted molar refractivity (Wildman–Crippen MR) is 75.6 cm³/mol. The molecule has 112 valence electrons. The third-order valence-corrected chi connectivity index (χ3v) is 4.20. The number of amides is 1. The Hall–Kier alpha value is -1.60. The van der Waals surface area contributed by atoms with Crippen LogP contribution >= 0.6 is 0 Å². The van der Waals surface area contributed by atoms with Crippen molar-refractivity contribution < 1.29 is 17.9 Å². The lowest BCUT2D eigenvalue weighted by atomic mass is 9.99. The van der Waals surface area contributed by atoms with Crippen molar-refractivity contribution >= 4 is 16.1 Å². The van der Waals surface area contributed by atoms with Crippen LogP contribution < -0.4 is 10.3 Å². The minimum Gasteiger partial charge on any atom is -0.449 e. The van der Waals surface area contributed by atoms with Gasteiger partial charge in [-0.3, -0.25) is 0 Å². The van der Waals surface area contributed by atoms with Gasteiger partial charge in [0.2, 0.25) is 0 Å². The van der Waals surface area contributed by atoms with Crippen molar-refractivity contribution in [1.29, 1.82) is 0 Å². The fourth-order valence-corrected chi connectivity index (χ4v) is 2.38. The van der Waals surface area contributed by atoms with Gasteiger partial charge in [0.25, 0.3) is 10.0 Å². The molecule has 0 saturated carbocycles. The summed E-state index contributed by atoms with van der Waals surface area (Å²) in [7, 11) is -3.78. The quantitative estimate of drug-likeness (QED) is 0.788. The van der Waals surface area contributed by atoms with E-state index in [1.807, 2.05) is 10.3 Å². The van der Waals surface area contributed by atoms with Crippen molar-refractivity contribution in [3.63, 3.8) is 0 Å². The minimum absolute atomic E-state index is 0.0846. The van der Waals surface area contributed by atoms with Gasteiger partial charge < -0.3 is 4.74 Å². The van der Waals surface area contributed by atoms with Crippen molar-refractivity contribution in [2.45, 2.75) is 38.0 Å². The molecule has 0 aliphatic carbocycles. The van der Waals surface area contributed by atoms with Crippen LogP contribution in [0.1, 0.15) is 38.7 Å². The highest BCUT2D eigenvalue weighted by atomic mass is 32.2. The third-order valence-electron chi connectivity index (χ3n) is 2.93. The van der Waals surface area contributed by atoms with Gasteiger partial charge in [0.15, 0.2) is 0 Å². The number of hydrogen-bond donors (Lipinski definition) is 2. The Morgan fingerprint density at radius 2 is 1.85 bits per heavy atom. The molecule has 0 aliphatic rings. The van der Waals surface area contributed by atoms with Gasteiger partial charge in [0.1, 0.15) is 0 Å². The Morgan fingerprint density at radius 1 is 1.25 bits per heavy atom. The molecule has 1 atom stereocenters. The Bertz CT molecular complexity index is 540. The van der Waals surface area contributed by atoms with Gasteiger partial charge in [-0.15, -0.1) is 4.83 Å². The molecule has 0 saturated heterocycles. The highest BCUT2D eigenvalue weighted by Crippen LogP contribution is 2.20. The van der Waals surface area contributed by atoms with Crippen molar-refractivity contribution in [3.8, 4) is 0 Å². The summed E-state index contributed by atoms with van der Waals surface area (Å²) in [6, 6.07) is 6.56. The number of sulfonamides is 1. The van der Waals surface area contributed by atoms with Gasteiger partial charge in [0, 0.05) is 0 Å². The molecule has 1 unspecified atom stereocenters. The van der Waals surface area contributed by atoms with E-state index in [9.17, 15) is 13.2 Å². The number of ether oxygens (including phenoxy) is 1. The number of carbonyl (C=O) groups is 1.